The Morgan fingerprint density at radius 3 is 2.93 bits per heavy atom. The Kier molecular flexibility index (Phi) is 4.21. The fourth-order valence-corrected chi connectivity index (χ4v) is 3.48. The Bertz CT molecular complexity index is 889. The average Bonchev–Trinajstić information content (AvgIpc) is 3.25. The first-order chi connectivity index (χ1) is 12.9. The molecule has 27 heavy (non-hydrogen) atoms. The van der Waals surface area contributed by atoms with Crippen molar-refractivity contribution in [2.45, 2.75) is 26.1 Å². The largest absolute Gasteiger partial charge is 0.442 e. The Labute approximate surface area is 155 Å². The summed E-state index contributed by atoms with van der Waals surface area (Å²) in [6, 6.07) is 4.72. The maximum atomic E-state index is 14.7. The zero-order chi connectivity index (χ0) is 19.1. The fraction of sp³-hybridized carbons (Fsp3) is 0.389. The number of ether oxygens (including phenoxy) is 1. The van der Waals surface area contributed by atoms with Crippen LogP contribution < -0.4 is 15.1 Å². The molecule has 9 heteroatoms. The molecule has 0 bridgehead atoms. The molecule has 2 aliphatic rings. The van der Waals surface area contributed by atoms with E-state index in [-0.39, 0.29) is 19.0 Å². The third-order valence-corrected chi connectivity index (χ3v) is 4.73. The van der Waals surface area contributed by atoms with Crippen LogP contribution in [0, 0.1) is 5.82 Å². The molecule has 2 aliphatic heterocycles. The molecule has 0 saturated carbocycles. The molecule has 1 aromatic heterocycles. The Morgan fingerprint density at radius 2 is 2.22 bits per heavy atom. The maximum Gasteiger partial charge on any atom is 0.414 e. The number of nitrogens with one attached hydrogen (secondary N) is 1. The Hall–Kier alpha value is -3.10. The van der Waals surface area contributed by atoms with E-state index in [1.165, 1.54) is 17.9 Å². The number of benzene rings is 1. The Morgan fingerprint density at radius 1 is 1.41 bits per heavy atom. The predicted molar refractivity (Wildman–Crippen MR) is 95.8 cm³/mol. The van der Waals surface area contributed by atoms with Crippen LogP contribution in [0.1, 0.15) is 18.2 Å². The van der Waals surface area contributed by atoms with Gasteiger partial charge < -0.3 is 15.0 Å². The SMILES string of the molecule is CC(=O)NCC1CN(c2ccc(N3Cc4cn(C)nc4C3)c(F)c2)C(=O)O1. The van der Waals surface area contributed by atoms with Gasteiger partial charge >= 0.3 is 6.09 Å². The highest BCUT2D eigenvalue weighted by Crippen LogP contribution is 2.32. The lowest BCUT2D eigenvalue weighted by Gasteiger charge is -2.20. The van der Waals surface area contributed by atoms with E-state index in [0.29, 0.717) is 24.5 Å². The van der Waals surface area contributed by atoms with Crippen LogP contribution in [-0.2, 0) is 29.7 Å². The van der Waals surface area contributed by atoms with E-state index in [1.807, 2.05) is 18.1 Å². The van der Waals surface area contributed by atoms with Crippen molar-refractivity contribution in [1.82, 2.24) is 15.1 Å². The van der Waals surface area contributed by atoms with E-state index in [9.17, 15) is 14.0 Å². The van der Waals surface area contributed by atoms with E-state index in [2.05, 4.69) is 10.4 Å². The number of anilines is 2. The van der Waals surface area contributed by atoms with Crippen LogP contribution in [0.2, 0.25) is 0 Å². The molecule has 4 rings (SSSR count). The number of carbonyl (C=O) groups excluding carboxylic acids is 2. The topological polar surface area (TPSA) is 79.7 Å². The van der Waals surface area contributed by atoms with Gasteiger partial charge in [-0.05, 0) is 18.2 Å². The van der Waals surface area contributed by atoms with Crippen molar-refractivity contribution in [3.63, 3.8) is 0 Å². The van der Waals surface area contributed by atoms with Crippen molar-refractivity contribution < 1.29 is 18.7 Å². The molecule has 0 spiro atoms. The second-order valence-electron chi connectivity index (χ2n) is 6.82. The van der Waals surface area contributed by atoms with E-state index < -0.39 is 18.0 Å². The summed E-state index contributed by atoms with van der Waals surface area (Å²) in [5.41, 5.74) is 2.94. The average molecular weight is 373 g/mol. The molecule has 0 aliphatic carbocycles. The zero-order valence-corrected chi connectivity index (χ0v) is 15.1. The van der Waals surface area contributed by atoms with Crippen LogP contribution in [0.3, 0.4) is 0 Å². The summed E-state index contributed by atoms with van der Waals surface area (Å²) in [5, 5.41) is 6.99. The number of hydrogen-bond donors (Lipinski definition) is 1. The first-order valence-electron chi connectivity index (χ1n) is 8.69. The Balaban J connectivity index is 1.47. The molecule has 2 amide bonds. The molecule has 1 saturated heterocycles. The van der Waals surface area contributed by atoms with Gasteiger partial charge in [0.1, 0.15) is 11.9 Å². The second-order valence-corrected chi connectivity index (χ2v) is 6.82. The molecule has 1 N–H and O–H groups in total. The minimum atomic E-state index is -0.546. The van der Waals surface area contributed by atoms with E-state index >= 15 is 0 Å². The first-order valence-corrected chi connectivity index (χ1v) is 8.69. The van der Waals surface area contributed by atoms with E-state index in [4.69, 9.17) is 4.74 Å². The molecule has 142 valence electrons. The molecular formula is C18H20FN5O3. The van der Waals surface area contributed by atoms with E-state index in [0.717, 1.165) is 11.3 Å². The number of aryl methyl sites for hydroxylation is 1. The quantitative estimate of drug-likeness (QED) is 0.880. The summed E-state index contributed by atoms with van der Waals surface area (Å²) < 4.78 is 21.7. The highest BCUT2D eigenvalue weighted by Gasteiger charge is 2.33. The molecule has 1 fully saturated rings. The van der Waals surface area contributed by atoms with Gasteiger partial charge in [0.25, 0.3) is 0 Å². The minimum absolute atomic E-state index is 0.193. The molecule has 2 aromatic rings. The van der Waals surface area contributed by atoms with Crippen LogP contribution in [0.15, 0.2) is 24.4 Å². The number of nitrogens with zero attached hydrogens (tertiary/aromatic N) is 4. The monoisotopic (exact) mass is 373 g/mol. The van der Waals surface area contributed by atoms with Crippen LogP contribution >= 0.6 is 0 Å². The van der Waals surface area contributed by atoms with Crippen molar-refractivity contribution >= 4 is 23.4 Å². The standard InChI is InChI=1S/C18H20FN5O3/c1-11(25)20-6-14-9-24(18(26)27-14)13-3-4-17(15(19)5-13)23-8-12-7-22(2)21-16(12)10-23/h3-5,7,14H,6,8-10H2,1-2H3,(H,20,25). The van der Waals surface area contributed by atoms with E-state index in [1.54, 1.807) is 16.8 Å². The molecule has 0 radical (unpaired) electrons. The molecular weight excluding hydrogens is 353 g/mol. The lowest BCUT2D eigenvalue weighted by molar-refractivity contribution is -0.119. The van der Waals surface area contributed by atoms with Gasteiger partial charge in [0.2, 0.25) is 5.91 Å². The third kappa shape index (κ3) is 3.32. The molecule has 1 aromatic carbocycles. The van der Waals surface area contributed by atoms with Gasteiger partial charge in [0.15, 0.2) is 0 Å². The smallest absolute Gasteiger partial charge is 0.414 e. The normalized spacial score (nSPS) is 18.6. The van der Waals surface area contributed by atoms with Crippen molar-refractivity contribution in [3.8, 4) is 0 Å². The summed E-state index contributed by atoms with van der Waals surface area (Å²) in [7, 11) is 1.87. The van der Waals surface area contributed by atoms with Crippen molar-refractivity contribution in [2.75, 3.05) is 22.9 Å². The molecule has 1 atom stereocenters. The molecule has 8 nitrogen and oxygen atoms in total. The lowest BCUT2D eigenvalue weighted by atomic mass is 10.2. The summed E-state index contributed by atoms with van der Waals surface area (Å²) >= 11 is 0. The number of halogens is 1. The summed E-state index contributed by atoms with van der Waals surface area (Å²) in [4.78, 5) is 26.4. The number of amides is 2. The van der Waals surface area contributed by atoms with Crippen LogP contribution in [0.4, 0.5) is 20.6 Å². The highest BCUT2D eigenvalue weighted by molar-refractivity contribution is 5.90. The lowest BCUT2D eigenvalue weighted by Crippen LogP contribution is -2.33. The summed E-state index contributed by atoms with van der Waals surface area (Å²) in [5.74, 6) is -0.596. The van der Waals surface area contributed by atoms with Gasteiger partial charge in [0, 0.05) is 32.3 Å². The van der Waals surface area contributed by atoms with Crippen LogP contribution in [0.5, 0.6) is 0 Å². The fourth-order valence-electron chi connectivity index (χ4n) is 3.48. The summed E-state index contributed by atoms with van der Waals surface area (Å²) in [6.45, 7) is 3.05. The zero-order valence-electron chi connectivity index (χ0n) is 15.1. The van der Waals surface area contributed by atoms with Crippen molar-refractivity contribution in [3.05, 3.63) is 41.5 Å². The molecule has 1 unspecified atom stereocenters. The second kappa shape index (κ2) is 6.57. The third-order valence-electron chi connectivity index (χ3n) is 4.73. The van der Waals surface area contributed by atoms with Gasteiger partial charge in [-0.3, -0.25) is 14.4 Å². The predicted octanol–water partition coefficient (Wildman–Crippen LogP) is 1.54. The molecule has 3 heterocycles. The van der Waals surface area contributed by atoms with Gasteiger partial charge in [-0.2, -0.15) is 5.10 Å². The summed E-state index contributed by atoms with van der Waals surface area (Å²) in [6.07, 6.45) is 0.941. The van der Waals surface area contributed by atoms with Gasteiger partial charge in [0.05, 0.1) is 36.7 Å². The number of hydrogen-bond acceptors (Lipinski definition) is 5. The number of rotatable bonds is 4. The first kappa shape index (κ1) is 17.3. The van der Waals surface area contributed by atoms with Crippen LogP contribution in [-0.4, -0.2) is 41.0 Å². The number of aromatic nitrogens is 2. The van der Waals surface area contributed by atoms with Crippen molar-refractivity contribution in [2.24, 2.45) is 7.05 Å². The van der Waals surface area contributed by atoms with Gasteiger partial charge in [-0.1, -0.05) is 0 Å². The van der Waals surface area contributed by atoms with Crippen molar-refractivity contribution in [1.29, 1.82) is 0 Å². The number of carbonyl (C=O) groups is 2. The highest BCUT2D eigenvalue weighted by atomic mass is 19.1. The van der Waals surface area contributed by atoms with Crippen LogP contribution in [0.25, 0.3) is 0 Å². The van der Waals surface area contributed by atoms with Gasteiger partial charge in [-0.15, -0.1) is 0 Å². The maximum absolute atomic E-state index is 14.7. The van der Waals surface area contributed by atoms with Gasteiger partial charge in [-0.25, -0.2) is 9.18 Å². The number of cyclic esters (lactones) is 1. The minimum Gasteiger partial charge on any atom is -0.442 e. The number of fused-ring (bicyclic) bond motifs is 1.